The van der Waals surface area contributed by atoms with Crippen LogP contribution in [-0.4, -0.2) is 49.1 Å². The largest absolute Gasteiger partial charge is 0.508 e. The molecule has 2 unspecified atom stereocenters. The van der Waals surface area contributed by atoms with Gasteiger partial charge in [0.05, 0.1) is 12.2 Å². The molecule has 0 saturated carbocycles. The van der Waals surface area contributed by atoms with Gasteiger partial charge in [0.15, 0.2) is 0 Å². The quantitative estimate of drug-likeness (QED) is 0.165. The van der Waals surface area contributed by atoms with E-state index in [4.69, 9.17) is 19.4 Å². The van der Waals surface area contributed by atoms with Crippen molar-refractivity contribution in [1.82, 2.24) is 0 Å². The third-order valence-corrected chi connectivity index (χ3v) is 12.2. The molecule has 3 N–H and O–H groups in total. The molecule has 0 fully saturated rings. The van der Waals surface area contributed by atoms with Crippen molar-refractivity contribution in [2.75, 3.05) is 13.2 Å². The summed E-state index contributed by atoms with van der Waals surface area (Å²) in [6, 6.07) is 36.3. The van der Waals surface area contributed by atoms with Gasteiger partial charge in [-0.25, -0.2) is 0 Å². The van der Waals surface area contributed by atoms with Crippen molar-refractivity contribution in [3.8, 4) is 11.5 Å². The second kappa shape index (κ2) is 18.4. The van der Waals surface area contributed by atoms with Crippen LogP contribution in [-0.2, 0) is 4.43 Å². The Labute approximate surface area is 266 Å². The molecule has 2 atom stereocenters. The first-order chi connectivity index (χ1) is 20.9. The third-order valence-electron chi connectivity index (χ3n) is 7.14. The average molecular weight is 617 g/mol. The number of aromatic hydroxyl groups is 1. The summed E-state index contributed by atoms with van der Waals surface area (Å²) in [6.07, 6.45) is 1.07. The number of aliphatic hydroxyl groups is 2. The molecule has 0 radical (unpaired) electrons. The summed E-state index contributed by atoms with van der Waals surface area (Å²) in [6.45, 7) is 15.3. The van der Waals surface area contributed by atoms with Crippen molar-refractivity contribution in [3.63, 3.8) is 0 Å². The normalized spacial score (nSPS) is 12.6. The lowest BCUT2D eigenvalue weighted by Gasteiger charge is -2.43. The number of hydrogen-bond donors (Lipinski definition) is 3. The van der Waals surface area contributed by atoms with E-state index in [-0.39, 0.29) is 23.9 Å². The van der Waals surface area contributed by atoms with Crippen molar-refractivity contribution in [1.29, 1.82) is 0 Å². The molecule has 4 aromatic carbocycles. The lowest BCUT2D eigenvalue weighted by molar-refractivity contribution is 0.152. The van der Waals surface area contributed by atoms with Crippen molar-refractivity contribution in [2.45, 2.75) is 78.6 Å². The molecule has 0 aromatic heterocycles. The van der Waals surface area contributed by atoms with E-state index < -0.39 is 8.32 Å². The molecule has 4 rings (SSSR count). The number of aliphatic hydroxyl groups excluding tert-OH is 2. The van der Waals surface area contributed by atoms with Crippen LogP contribution in [0.4, 0.5) is 0 Å². The molecule has 0 aliphatic carbocycles. The minimum absolute atomic E-state index is 0.00556. The topological polar surface area (TPSA) is 79.2 Å². The molecule has 0 bridgehead atoms. The fourth-order valence-corrected chi connectivity index (χ4v) is 9.51. The second-order valence-electron chi connectivity index (χ2n) is 12.2. The molecule has 0 amide bonds. The first-order valence-electron chi connectivity index (χ1n) is 15.4. The summed E-state index contributed by atoms with van der Waals surface area (Å²) in [5.41, 5.74) is 2.28. The van der Waals surface area contributed by atoms with Crippen molar-refractivity contribution < 1.29 is 24.5 Å². The maximum atomic E-state index is 9.63. The second-order valence-corrected chi connectivity index (χ2v) is 16.6. The molecule has 0 heterocycles. The molecule has 0 spiro atoms. The Hall–Kier alpha value is -3.42. The zero-order valence-electron chi connectivity index (χ0n) is 27.5. The Kier molecular flexibility index (Phi) is 15.4. The molecule has 0 aliphatic rings. The Morgan fingerprint density at radius 2 is 1.23 bits per heavy atom. The molecular formula is C38H52O5Si. The zero-order chi connectivity index (χ0) is 32.6. The van der Waals surface area contributed by atoms with Gasteiger partial charge in [0.2, 0.25) is 0 Å². The Morgan fingerprint density at radius 3 is 1.64 bits per heavy atom. The fraction of sp³-hybridized carbons (Fsp3) is 0.368. The van der Waals surface area contributed by atoms with Gasteiger partial charge < -0.3 is 24.5 Å². The van der Waals surface area contributed by atoms with Crippen LogP contribution in [0.5, 0.6) is 11.5 Å². The summed E-state index contributed by atoms with van der Waals surface area (Å²) < 4.78 is 12.2. The highest BCUT2D eigenvalue weighted by atomic mass is 28.4. The smallest absolute Gasteiger partial charge is 0.261 e. The predicted octanol–water partition coefficient (Wildman–Crippen LogP) is 7.18. The van der Waals surface area contributed by atoms with Gasteiger partial charge in [-0.2, -0.15) is 0 Å². The summed E-state index contributed by atoms with van der Waals surface area (Å²) in [5.74, 6) is 1.21. The van der Waals surface area contributed by atoms with Crippen molar-refractivity contribution in [2.24, 2.45) is 0 Å². The Bertz CT molecular complexity index is 1280. The van der Waals surface area contributed by atoms with Crippen LogP contribution in [0, 0.1) is 13.8 Å². The highest BCUT2D eigenvalue weighted by Gasteiger charge is 2.49. The van der Waals surface area contributed by atoms with E-state index in [1.54, 1.807) is 12.1 Å². The van der Waals surface area contributed by atoms with Gasteiger partial charge in [-0.15, -0.1) is 0 Å². The predicted molar refractivity (Wildman–Crippen MR) is 186 cm³/mol. The molecule has 0 aliphatic heterocycles. The van der Waals surface area contributed by atoms with Gasteiger partial charge in [0, 0.05) is 19.6 Å². The summed E-state index contributed by atoms with van der Waals surface area (Å²) in [5, 5.41) is 29.7. The highest BCUT2D eigenvalue weighted by Crippen LogP contribution is 2.36. The average Bonchev–Trinajstić information content (AvgIpc) is 2.96. The summed E-state index contributed by atoms with van der Waals surface area (Å²) in [4.78, 5) is 0. The molecule has 5 nitrogen and oxygen atoms in total. The number of phenols is 1. The lowest BCUT2D eigenvalue weighted by Crippen LogP contribution is -2.66. The number of phenolic OH excluding ortho intramolecular Hbond substituents is 1. The number of aryl methyl sites for hydroxylation is 2. The summed E-state index contributed by atoms with van der Waals surface area (Å²) in [7, 11) is -2.43. The van der Waals surface area contributed by atoms with Gasteiger partial charge in [-0.1, -0.05) is 106 Å². The SMILES string of the molecule is CC(O)CCO[Si](c1ccccc1)(c1ccccc1)C(C)(C)C.Cc1cccc(O)c1.Cc1cccc(OC(C)CCO)c1. The van der Waals surface area contributed by atoms with E-state index in [1.165, 1.54) is 15.9 Å². The van der Waals surface area contributed by atoms with Gasteiger partial charge in [-0.3, -0.25) is 0 Å². The van der Waals surface area contributed by atoms with Crippen molar-refractivity contribution >= 4 is 18.7 Å². The van der Waals surface area contributed by atoms with Gasteiger partial charge in [0.1, 0.15) is 11.5 Å². The Morgan fingerprint density at radius 1 is 0.705 bits per heavy atom. The van der Waals surface area contributed by atoms with E-state index in [2.05, 4.69) is 69.3 Å². The first-order valence-corrected chi connectivity index (χ1v) is 17.3. The molecule has 44 heavy (non-hydrogen) atoms. The van der Waals surface area contributed by atoms with E-state index >= 15 is 0 Å². The van der Waals surface area contributed by atoms with Crippen LogP contribution in [0.25, 0.3) is 0 Å². The minimum atomic E-state index is -2.43. The van der Waals surface area contributed by atoms with Crippen LogP contribution in [0.3, 0.4) is 0 Å². The van der Waals surface area contributed by atoms with Crippen LogP contribution >= 0.6 is 0 Å². The number of benzene rings is 4. The fourth-order valence-electron chi connectivity index (χ4n) is 4.93. The molecular weight excluding hydrogens is 564 g/mol. The van der Waals surface area contributed by atoms with Crippen LogP contribution < -0.4 is 15.1 Å². The Balaban J connectivity index is 0.000000268. The van der Waals surface area contributed by atoms with Gasteiger partial charge >= 0.3 is 0 Å². The van der Waals surface area contributed by atoms with E-state index in [9.17, 15) is 5.11 Å². The van der Waals surface area contributed by atoms with Crippen LogP contribution in [0.1, 0.15) is 58.6 Å². The first kappa shape index (κ1) is 36.8. The monoisotopic (exact) mass is 616 g/mol. The summed E-state index contributed by atoms with van der Waals surface area (Å²) >= 11 is 0. The maximum absolute atomic E-state index is 9.63. The van der Waals surface area contributed by atoms with Crippen LogP contribution in [0.15, 0.2) is 109 Å². The molecule has 238 valence electrons. The number of hydrogen-bond acceptors (Lipinski definition) is 5. The lowest BCUT2D eigenvalue weighted by atomic mass is 10.2. The van der Waals surface area contributed by atoms with E-state index in [0.29, 0.717) is 25.2 Å². The van der Waals surface area contributed by atoms with E-state index in [1.807, 2.05) is 76.2 Å². The van der Waals surface area contributed by atoms with Crippen molar-refractivity contribution in [3.05, 3.63) is 120 Å². The van der Waals surface area contributed by atoms with Gasteiger partial charge in [0.25, 0.3) is 8.32 Å². The zero-order valence-corrected chi connectivity index (χ0v) is 28.5. The number of rotatable bonds is 10. The highest BCUT2D eigenvalue weighted by molar-refractivity contribution is 6.99. The standard InChI is InChI=1S/C20H28O2Si.C11H16O2.C7H8O/c1-17(21)15-16-22-23(20(2,3)4,18-11-7-5-8-12-18)19-13-9-6-10-14-19;1-9-4-3-5-11(8-9)13-10(2)6-7-12;1-6-3-2-4-7(8)5-6/h5-14,17,21H,15-16H2,1-4H3;3-5,8,10,12H,6-7H2,1-2H3;2-5,8H,1H3. The minimum Gasteiger partial charge on any atom is -0.508 e. The third kappa shape index (κ3) is 11.9. The molecule has 4 aromatic rings. The van der Waals surface area contributed by atoms with Crippen LogP contribution in [0.2, 0.25) is 5.04 Å². The molecule has 0 saturated heterocycles. The van der Waals surface area contributed by atoms with E-state index in [0.717, 1.165) is 11.3 Å². The maximum Gasteiger partial charge on any atom is 0.261 e. The number of ether oxygens (including phenoxy) is 1. The molecule has 6 heteroatoms. The van der Waals surface area contributed by atoms with Gasteiger partial charge in [-0.05, 0) is 84.9 Å².